The fraction of sp³-hybridized carbons (Fsp3) is 0.111. The summed E-state index contributed by atoms with van der Waals surface area (Å²) in [6.07, 6.45) is 0.591. The third kappa shape index (κ3) is 2.44. The van der Waals surface area contributed by atoms with Crippen molar-refractivity contribution in [3.8, 4) is 0 Å². The average molecular weight is 209 g/mol. The summed E-state index contributed by atoms with van der Waals surface area (Å²) in [7, 11) is 0. The molecule has 1 aromatic rings. The molecule has 0 aliphatic carbocycles. The number of hydrogen-bond acceptors (Lipinski definition) is 4. The molecule has 1 heterocycles. The van der Waals surface area contributed by atoms with Crippen molar-refractivity contribution in [2.75, 3.05) is 0 Å². The Morgan fingerprint density at radius 2 is 2.33 bits per heavy atom. The van der Waals surface area contributed by atoms with Gasteiger partial charge in [0.1, 0.15) is 5.69 Å². The first-order chi connectivity index (χ1) is 7.06. The Kier molecular flexibility index (Phi) is 3.25. The van der Waals surface area contributed by atoms with Crippen molar-refractivity contribution in [1.29, 1.82) is 0 Å². The van der Waals surface area contributed by atoms with Gasteiger partial charge < -0.3 is 16.3 Å². The van der Waals surface area contributed by atoms with Crippen LogP contribution in [0.15, 0.2) is 35.6 Å². The van der Waals surface area contributed by atoms with Gasteiger partial charge in [-0.3, -0.25) is 9.59 Å². The second-order valence-electron chi connectivity index (χ2n) is 2.80. The van der Waals surface area contributed by atoms with E-state index >= 15 is 0 Å². The first kappa shape index (κ1) is 11.0. The van der Waals surface area contributed by atoms with E-state index in [1.807, 2.05) is 0 Å². The second kappa shape index (κ2) is 4.43. The zero-order chi connectivity index (χ0) is 11.4. The maximum atomic E-state index is 11.4. The predicted molar refractivity (Wildman–Crippen MR) is 53.5 cm³/mol. The summed E-state index contributed by atoms with van der Waals surface area (Å²) in [5.74, 6) is -0.650. The number of carbonyl (C=O) groups excluding carboxylic acids is 1. The minimum Gasteiger partial charge on any atom is -0.425 e. The van der Waals surface area contributed by atoms with Gasteiger partial charge in [-0.1, -0.05) is 18.7 Å². The lowest BCUT2D eigenvalue weighted by Crippen LogP contribution is -2.41. The number of rotatable bonds is 3. The monoisotopic (exact) mass is 209 g/mol. The van der Waals surface area contributed by atoms with Crippen LogP contribution in [0.5, 0.6) is 0 Å². The van der Waals surface area contributed by atoms with Gasteiger partial charge >= 0.3 is 0 Å². The minimum absolute atomic E-state index is 0.181. The van der Waals surface area contributed by atoms with Crippen molar-refractivity contribution in [3.63, 3.8) is 0 Å². The second-order valence-corrected chi connectivity index (χ2v) is 2.80. The molecule has 1 rings (SSSR count). The molecule has 1 amide bonds. The molecule has 1 atom stereocenters. The molecule has 0 bridgehead atoms. The van der Waals surface area contributed by atoms with E-state index in [1.54, 1.807) is 0 Å². The van der Waals surface area contributed by atoms with Gasteiger partial charge in [0.05, 0.1) is 6.17 Å². The third-order valence-corrected chi connectivity index (χ3v) is 1.71. The number of pyridine rings is 1. The van der Waals surface area contributed by atoms with Crippen molar-refractivity contribution in [3.05, 3.63) is 46.9 Å². The first-order valence-electron chi connectivity index (χ1n) is 4.16. The van der Waals surface area contributed by atoms with Gasteiger partial charge in [0.15, 0.2) is 0 Å². The van der Waals surface area contributed by atoms with Gasteiger partial charge in [-0.15, -0.1) is 4.73 Å². The van der Waals surface area contributed by atoms with Gasteiger partial charge in [-0.25, -0.2) is 0 Å². The summed E-state index contributed by atoms with van der Waals surface area (Å²) in [5, 5.41) is 11.5. The molecular formula is C9H11N3O3. The fourth-order valence-electron chi connectivity index (χ4n) is 0.938. The zero-order valence-electron chi connectivity index (χ0n) is 7.88. The number of nitrogens with zero attached hydrogens (tertiary/aromatic N) is 1. The van der Waals surface area contributed by atoms with E-state index in [-0.39, 0.29) is 10.4 Å². The number of carbonyl (C=O) groups is 1. The summed E-state index contributed by atoms with van der Waals surface area (Å²) in [4.78, 5) is 22.4. The van der Waals surface area contributed by atoms with E-state index in [2.05, 4.69) is 11.9 Å². The molecule has 0 saturated carbocycles. The number of nitrogens with two attached hydrogens (primary N) is 1. The summed E-state index contributed by atoms with van der Waals surface area (Å²) in [5.41, 5.74) is 4.51. The molecule has 1 aromatic heterocycles. The lowest BCUT2D eigenvalue weighted by Gasteiger charge is -2.10. The molecule has 4 N–H and O–H groups in total. The zero-order valence-corrected chi connectivity index (χ0v) is 7.88. The van der Waals surface area contributed by atoms with Crippen LogP contribution in [0.4, 0.5) is 0 Å². The molecule has 0 radical (unpaired) electrons. The average Bonchev–Trinajstić information content (AvgIpc) is 2.21. The predicted octanol–water partition coefficient (Wildman–Crippen LogP) is -0.714. The fourth-order valence-corrected chi connectivity index (χ4v) is 0.938. The van der Waals surface area contributed by atoms with E-state index in [0.29, 0.717) is 0 Å². The molecule has 6 nitrogen and oxygen atoms in total. The number of nitrogens with one attached hydrogen (secondary N) is 1. The highest BCUT2D eigenvalue weighted by atomic mass is 16.5. The van der Waals surface area contributed by atoms with Crippen LogP contribution in [-0.4, -0.2) is 22.0 Å². The van der Waals surface area contributed by atoms with Crippen LogP contribution in [0.2, 0.25) is 0 Å². The molecule has 0 spiro atoms. The Balaban J connectivity index is 2.97. The van der Waals surface area contributed by atoms with Crippen LogP contribution >= 0.6 is 0 Å². The maximum absolute atomic E-state index is 11.4. The van der Waals surface area contributed by atoms with Crippen molar-refractivity contribution in [2.45, 2.75) is 6.17 Å². The molecule has 1 unspecified atom stereocenters. The van der Waals surface area contributed by atoms with E-state index < -0.39 is 17.6 Å². The van der Waals surface area contributed by atoms with Gasteiger partial charge in [0.25, 0.3) is 11.5 Å². The van der Waals surface area contributed by atoms with Gasteiger partial charge in [0.2, 0.25) is 0 Å². The van der Waals surface area contributed by atoms with Gasteiger partial charge in [-0.2, -0.15) is 0 Å². The van der Waals surface area contributed by atoms with E-state index in [4.69, 9.17) is 5.73 Å². The van der Waals surface area contributed by atoms with Crippen LogP contribution in [-0.2, 0) is 0 Å². The van der Waals surface area contributed by atoms with Crippen molar-refractivity contribution >= 4 is 5.91 Å². The lowest BCUT2D eigenvalue weighted by molar-refractivity contribution is 0.0884. The molecule has 0 fully saturated rings. The van der Waals surface area contributed by atoms with Crippen LogP contribution in [0.1, 0.15) is 10.5 Å². The molecular weight excluding hydrogens is 198 g/mol. The van der Waals surface area contributed by atoms with Crippen molar-refractivity contribution in [1.82, 2.24) is 10.0 Å². The number of amides is 1. The minimum atomic E-state index is -0.729. The Hall–Kier alpha value is -2.08. The molecule has 80 valence electrons. The summed E-state index contributed by atoms with van der Waals surface area (Å²) < 4.78 is 0.255. The molecule has 0 saturated heterocycles. The topological polar surface area (TPSA) is 97.4 Å². The van der Waals surface area contributed by atoms with Crippen LogP contribution in [0.25, 0.3) is 0 Å². The standard InChI is InChI=1S/C9H11N3O3/c1-2-7(10)11-9(14)6-4-3-5-8(13)12(6)15/h2-5,7,15H,1,10H2,(H,11,14). The Bertz CT molecular complexity index is 438. The van der Waals surface area contributed by atoms with Crippen LogP contribution in [0, 0.1) is 0 Å². The lowest BCUT2D eigenvalue weighted by atomic mass is 10.3. The summed E-state index contributed by atoms with van der Waals surface area (Å²) >= 11 is 0. The first-order valence-corrected chi connectivity index (χ1v) is 4.16. The molecule has 0 aliphatic heterocycles. The normalized spacial score (nSPS) is 11.8. The molecule has 0 aliphatic rings. The van der Waals surface area contributed by atoms with E-state index in [9.17, 15) is 14.8 Å². The SMILES string of the molecule is C=CC(N)NC(=O)c1cccc(=O)n1O. The molecule has 6 heteroatoms. The van der Waals surface area contributed by atoms with E-state index in [0.717, 1.165) is 6.07 Å². The highest BCUT2D eigenvalue weighted by Gasteiger charge is 2.12. The Morgan fingerprint density at radius 3 is 2.93 bits per heavy atom. The van der Waals surface area contributed by atoms with Gasteiger partial charge in [0, 0.05) is 6.07 Å². The smallest absolute Gasteiger partial charge is 0.283 e. The van der Waals surface area contributed by atoms with E-state index in [1.165, 1.54) is 18.2 Å². The van der Waals surface area contributed by atoms with Crippen LogP contribution < -0.4 is 16.6 Å². The molecule has 0 aromatic carbocycles. The highest BCUT2D eigenvalue weighted by Crippen LogP contribution is 1.93. The number of aromatic nitrogens is 1. The Morgan fingerprint density at radius 1 is 1.67 bits per heavy atom. The highest BCUT2D eigenvalue weighted by molar-refractivity contribution is 5.92. The van der Waals surface area contributed by atoms with Gasteiger partial charge in [-0.05, 0) is 6.07 Å². The third-order valence-electron chi connectivity index (χ3n) is 1.71. The summed E-state index contributed by atoms with van der Waals surface area (Å²) in [6.45, 7) is 3.38. The summed E-state index contributed by atoms with van der Waals surface area (Å²) in [6, 6.07) is 3.79. The van der Waals surface area contributed by atoms with Crippen molar-refractivity contribution in [2.24, 2.45) is 5.73 Å². The Labute approximate surface area is 85.6 Å². The maximum Gasteiger partial charge on any atom is 0.283 e. The van der Waals surface area contributed by atoms with Crippen molar-refractivity contribution < 1.29 is 10.0 Å². The van der Waals surface area contributed by atoms with Crippen LogP contribution in [0.3, 0.4) is 0 Å². The molecule has 15 heavy (non-hydrogen) atoms. The largest absolute Gasteiger partial charge is 0.425 e. The number of hydrogen-bond donors (Lipinski definition) is 3. The quantitative estimate of drug-likeness (QED) is 0.348.